The first-order valence-electron chi connectivity index (χ1n) is 6.65. The molecule has 0 saturated heterocycles. The number of hydrogen-bond acceptors (Lipinski definition) is 7. The molecule has 0 unspecified atom stereocenters. The molecule has 5 aromatic heterocycles. The van der Waals surface area contributed by atoms with Crippen molar-refractivity contribution in [3.05, 3.63) is 43.2 Å². The number of aromatic nitrogens is 7. The standard InChI is InChI=1S/C15H7N7/c1-8-14(4-16-6-18-8)21-12-3-13-11(20-10(1)12)2-9-15(22-13)5-17-7-19-9/h1-7H. The molecule has 0 aromatic carbocycles. The Bertz CT molecular complexity index is 1000. The van der Waals surface area contributed by atoms with Gasteiger partial charge in [0, 0.05) is 0 Å². The quantitative estimate of drug-likeness (QED) is 0.402. The fourth-order valence-corrected chi connectivity index (χ4v) is 2.49. The molecule has 22 heavy (non-hydrogen) atoms. The minimum absolute atomic E-state index is 0.736. The van der Waals surface area contributed by atoms with E-state index in [2.05, 4.69) is 34.9 Å². The van der Waals surface area contributed by atoms with Crippen LogP contribution in [0.4, 0.5) is 0 Å². The fraction of sp³-hybridized carbons (Fsp3) is 0. The molecule has 0 N–H and O–H groups in total. The van der Waals surface area contributed by atoms with Crippen LogP contribution in [0, 0.1) is 0 Å². The van der Waals surface area contributed by atoms with Crippen LogP contribution in [0.3, 0.4) is 0 Å². The van der Waals surface area contributed by atoms with Crippen LogP contribution < -0.4 is 0 Å². The number of nitrogens with zero attached hydrogens (tertiary/aromatic N) is 7. The first-order chi connectivity index (χ1) is 10.9. The van der Waals surface area contributed by atoms with Crippen molar-refractivity contribution in [1.82, 2.24) is 34.9 Å². The Hall–Kier alpha value is -3.35. The third-order valence-electron chi connectivity index (χ3n) is 3.51. The van der Waals surface area contributed by atoms with Gasteiger partial charge in [0.15, 0.2) is 0 Å². The monoisotopic (exact) mass is 285 g/mol. The molecule has 0 bridgehead atoms. The summed E-state index contributed by atoms with van der Waals surface area (Å²) < 4.78 is 0. The summed E-state index contributed by atoms with van der Waals surface area (Å²) in [7, 11) is 0. The van der Waals surface area contributed by atoms with Crippen molar-refractivity contribution in [2.24, 2.45) is 0 Å². The second-order valence-electron chi connectivity index (χ2n) is 4.90. The molecule has 0 fully saturated rings. The maximum Gasteiger partial charge on any atom is 0.116 e. The second kappa shape index (κ2) is 4.08. The van der Waals surface area contributed by atoms with Gasteiger partial charge in [-0.3, -0.25) is 0 Å². The van der Waals surface area contributed by atoms with Gasteiger partial charge in [0.05, 0.1) is 45.5 Å². The van der Waals surface area contributed by atoms with Crippen LogP contribution in [0.1, 0.15) is 0 Å². The molecule has 0 aliphatic rings. The van der Waals surface area contributed by atoms with Crippen LogP contribution in [0.2, 0.25) is 0 Å². The zero-order valence-corrected chi connectivity index (χ0v) is 11.2. The summed E-state index contributed by atoms with van der Waals surface area (Å²) in [5.41, 5.74) is 6.08. The molecular weight excluding hydrogens is 278 g/mol. The Morgan fingerprint density at radius 3 is 1.36 bits per heavy atom. The topological polar surface area (TPSA) is 90.2 Å². The summed E-state index contributed by atoms with van der Waals surface area (Å²) in [6, 6.07) is 5.72. The van der Waals surface area contributed by atoms with Gasteiger partial charge in [0.25, 0.3) is 0 Å². The second-order valence-corrected chi connectivity index (χ2v) is 4.90. The summed E-state index contributed by atoms with van der Waals surface area (Å²) in [6.45, 7) is 0. The van der Waals surface area contributed by atoms with Gasteiger partial charge in [0.2, 0.25) is 0 Å². The predicted octanol–water partition coefficient (Wildman–Crippen LogP) is 2.06. The number of hydrogen-bond donors (Lipinski definition) is 0. The molecule has 0 aliphatic heterocycles. The Balaban J connectivity index is 1.93. The molecule has 5 aromatic rings. The lowest BCUT2D eigenvalue weighted by molar-refractivity contribution is 1.20. The van der Waals surface area contributed by atoms with Crippen molar-refractivity contribution in [3.63, 3.8) is 0 Å². The van der Waals surface area contributed by atoms with E-state index >= 15 is 0 Å². The highest BCUT2D eigenvalue weighted by molar-refractivity contribution is 5.97. The van der Waals surface area contributed by atoms with Crippen LogP contribution in [-0.4, -0.2) is 34.9 Å². The van der Waals surface area contributed by atoms with Crippen molar-refractivity contribution < 1.29 is 0 Å². The summed E-state index contributed by atoms with van der Waals surface area (Å²) in [5, 5.41) is 0. The smallest absolute Gasteiger partial charge is 0.116 e. The van der Waals surface area contributed by atoms with Gasteiger partial charge in [-0.25, -0.2) is 34.9 Å². The lowest BCUT2D eigenvalue weighted by atomic mass is 10.2. The van der Waals surface area contributed by atoms with Crippen LogP contribution >= 0.6 is 0 Å². The molecule has 5 rings (SSSR count). The molecular formula is C15H7N7. The average Bonchev–Trinajstić information content (AvgIpc) is 2.56. The van der Waals surface area contributed by atoms with Crippen LogP contribution in [0.15, 0.2) is 43.2 Å². The van der Waals surface area contributed by atoms with Gasteiger partial charge >= 0.3 is 0 Å². The maximum atomic E-state index is 4.63. The van der Waals surface area contributed by atoms with Crippen molar-refractivity contribution in [2.45, 2.75) is 0 Å². The van der Waals surface area contributed by atoms with Crippen molar-refractivity contribution >= 4 is 44.1 Å². The third kappa shape index (κ3) is 1.59. The largest absolute Gasteiger partial charge is 0.244 e. The molecule has 0 spiro atoms. The lowest BCUT2D eigenvalue weighted by Crippen LogP contribution is -1.92. The van der Waals surface area contributed by atoms with Crippen molar-refractivity contribution in [1.29, 1.82) is 0 Å². The minimum atomic E-state index is 0.736. The molecule has 7 heteroatoms. The Morgan fingerprint density at radius 1 is 0.455 bits per heavy atom. The fourth-order valence-electron chi connectivity index (χ4n) is 2.49. The summed E-state index contributed by atoms with van der Waals surface area (Å²) in [4.78, 5) is 30.1. The van der Waals surface area contributed by atoms with Gasteiger partial charge in [-0.1, -0.05) is 0 Å². The Morgan fingerprint density at radius 2 is 0.864 bits per heavy atom. The van der Waals surface area contributed by atoms with E-state index in [9.17, 15) is 0 Å². The van der Waals surface area contributed by atoms with Gasteiger partial charge in [-0.2, -0.15) is 0 Å². The molecule has 0 radical (unpaired) electrons. The van der Waals surface area contributed by atoms with E-state index in [0.29, 0.717) is 0 Å². The first-order valence-corrected chi connectivity index (χ1v) is 6.65. The van der Waals surface area contributed by atoms with E-state index in [-0.39, 0.29) is 0 Å². The Kier molecular flexibility index (Phi) is 2.10. The maximum absolute atomic E-state index is 4.63. The number of rotatable bonds is 0. The molecule has 5 heterocycles. The number of fused-ring (bicyclic) bond motifs is 4. The van der Waals surface area contributed by atoms with E-state index in [4.69, 9.17) is 0 Å². The van der Waals surface area contributed by atoms with Crippen LogP contribution in [-0.2, 0) is 0 Å². The lowest BCUT2D eigenvalue weighted by Gasteiger charge is -2.03. The third-order valence-corrected chi connectivity index (χ3v) is 3.51. The highest BCUT2D eigenvalue weighted by Crippen LogP contribution is 2.22. The van der Waals surface area contributed by atoms with E-state index in [1.165, 1.54) is 12.7 Å². The van der Waals surface area contributed by atoms with Gasteiger partial charge in [0.1, 0.15) is 23.7 Å². The van der Waals surface area contributed by atoms with Crippen LogP contribution in [0.25, 0.3) is 44.1 Å². The summed E-state index contributed by atoms with van der Waals surface area (Å²) in [6.07, 6.45) is 6.38. The van der Waals surface area contributed by atoms with E-state index in [0.717, 1.165) is 44.1 Å². The van der Waals surface area contributed by atoms with Crippen LogP contribution in [0.5, 0.6) is 0 Å². The predicted molar refractivity (Wildman–Crippen MR) is 81.0 cm³/mol. The van der Waals surface area contributed by atoms with Gasteiger partial charge in [-0.15, -0.1) is 0 Å². The normalized spacial score (nSPS) is 11.6. The van der Waals surface area contributed by atoms with E-state index < -0.39 is 0 Å². The summed E-state index contributed by atoms with van der Waals surface area (Å²) in [5.74, 6) is 0. The minimum Gasteiger partial charge on any atom is -0.244 e. The first kappa shape index (κ1) is 11.3. The zero-order valence-electron chi connectivity index (χ0n) is 11.2. The SMILES string of the molecule is c1ncc2nc3cc4nc5cncnc5cc4nc3cc2n1. The molecule has 0 amide bonds. The average molecular weight is 285 g/mol. The van der Waals surface area contributed by atoms with E-state index in [1.54, 1.807) is 12.4 Å². The zero-order chi connectivity index (χ0) is 14.5. The van der Waals surface area contributed by atoms with Crippen molar-refractivity contribution in [3.8, 4) is 0 Å². The molecule has 0 atom stereocenters. The van der Waals surface area contributed by atoms with E-state index in [1.807, 2.05) is 18.2 Å². The highest BCUT2D eigenvalue weighted by atomic mass is 14.9. The molecule has 102 valence electrons. The molecule has 7 nitrogen and oxygen atoms in total. The molecule has 0 aliphatic carbocycles. The van der Waals surface area contributed by atoms with Gasteiger partial charge < -0.3 is 0 Å². The van der Waals surface area contributed by atoms with Gasteiger partial charge in [-0.05, 0) is 18.2 Å². The van der Waals surface area contributed by atoms with Crippen molar-refractivity contribution in [2.75, 3.05) is 0 Å². The Labute approximate surface area is 123 Å². The summed E-state index contributed by atoms with van der Waals surface area (Å²) >= 11 is 0. The highest BCUT2D eigenvalue weighted by Gasteiger charge is 2.07. The number of pyridine rings is 3. The molecule has 0 saturated carbocycles.